The Hall–Kier alpha value is -0.170. The highest BCUT2D eigenvalue weighted by molar-refractivity contribution is 7.86. The topological polar surface area (TPSA) is 60.9 Å². The summed E-state index contributed by atoms with van der Waals surface area (Å²) in [4.78, 5) is 0. The summed E-state index contributed by atoms with van der Waals surface area (Å²) in [7, 11) is -3.38. The maximum atomic E-state index is 12.9. The van der Waals surface area contributed by atoms with Gasteiger partial charge in [-0.3, -0.25) is 0 Å². The fourth-order valence-corrected chi connectivity index (χ4v) is 5.54. The SMILES string of the molecule is CC1(CO)CCCN(S(=O)(=O)N2CCC(C(C)(C)C)CC2)C1. The van der Waals surface area contributed by atoms with Crippen molar-refractivity contribution in [3.8, 4) is 0 Å². The molecule has 0 aromatic rings. The van der Waals surface area contributed by atoms with E-state index in [0.717, 1.165) is 25.7 Å². The van der Waals surface area contributed by atoms with Crippen LogP contribution in [0.2, 0.25) is 0 Å². The van der Waals surface area contributed by atoms with Crippen LogP contribution in [0.15, 0.2) is 0 Å². The Morgan fingerprint density at radius 1 is 1.14 bits per heavy atom. The predicted octanol–water partition coefficient (Wildman–Crippen LogP) is 2.08. The quantitative estimate of drug-likeness (QED) is 0.861. The van der Waals surface area contributed by atoms with E-state index in [1.165, 1.54) is 0 Å². The van der Waals surface area contributed by atoms with Crippen molar-refractivity contribution in [1.29, 1.82) is 0 Å². The van der Waals surface area contributed by atoms with Crippen LogP contribution < -0.4 is 0 Å². The van der Waals surface area contributed by atoms with Crippen LogP contribution >= 0.6 is 0 Å². The van der Waals surface area contributed by atoms with Crippen molar-refractivity contribution in [2.45, 2.75) is 53.4 Å². The maximum absolute atomic E-state index is 12.9. The van der Waals surface area contributed by atoms with E-state index in [4.69, 9.17) is 0 Å². The third kappa shape index (κ3) is 3.83. The van der Waals surface area contributed by atoms with Crippen LogP contribution in [0.5, 0.6) is 0 Å². The smallest absolute Gasteiger partial charge is 0.281 e. The monoisotopic (exact) mass is 332 g/mol. The number of hydrogen-bond acceptors (Lipinski definition) is 3. The van der Waals surface area contributed by atoms with E-state index in [9.17, 15) is 13.5 Å². The molecule has 0 saturated carbocycles. The van der Waals surface area contributed by atoms with E-state index >= 15 is 0 Å². The molecule has 5 nitrogen and oxygen atoms in total. The molecular weight excluding hydrogens is 300 g/mol. The van der Waals surface area contributed by atoms with Crippen LogP contribution in [-0.4, -0.2) is 54.9 Å². The summed E-state index contributed by atoms with van der Waals surface area (Å²) in [6.45, 7) is 11.0. The van der Waals surface area contributed by atoms with Crippen LogP contribution in [0.25, 0.3) is 0 Å². The molecule has 2 fully saturated rings. The van der Waals surface area contributed by atoms with Crippen molar-refractivity contribution in [1.82, 2.24) is 8.61 Å². The molecule has 0 amide bonds. The lowest BCUT2D eigenvalue weighted by Gasteiger charge is -2.43. The van der Waals surface area contributed by atoms with E-state index in [2.05, 4.69) is 20.8 Å². The number of aliphatic hydroxyl groups is 1. The van der Waals surface area contributed by atoms with Gasteiger partial charge in [0.25, 0.3) is 10.2 Å². The van der Waals surface area contributed by atoms with Crippen molar-refractivity contribution in [3.63, 3.8) is 0 Å². The summed E-state index contributed by atoms with van der Waals surface area (Å²) in [6.07, 6.45) is 3.60. The van der Waals surface area contributed by atoms with Gasteiger partial charge in [-0.2, -0.15) is 17.0 Å². The number of aliphatic hydroxyl groups excluding tert-OH is 1. The van der Waals surface area contributed by atoms with Gasteiger partial charge in [0.1, 0.15) is 0 Å². The molecule has 22 heavy (non-hydrogen) atoms. The van der Waals surface area contributed by atoms with Gasteiger partial charge in [-0.25, -0.2) is 0 Å². The van der Waals surface area contributed by atoms with E-state index in [1.807, 2.05) is 6.92 Å². The van der Waals surface area contributed by atoms with E-state index in [1.54, 1.807) is 8.61 Å². The molecule has 1 atom stereocenters. The van der Waals surface area contributed by atoms with Gasteiger partial charge in [0.15, 0.2) is 0 Å². The third-order valence-corrected chi connectivity index (χ3v) is 7.44. The molecule has 2 aliphatic heterocycles. The number of rotatable bonds is 3. The molecule has 0 spiro atoms. The first-order valence-electron chi connectivity index (χ1n) is 8.45. The Morgan fingerprint density at radius 3 is 2.23 bits per heavy atom. The summed E-state index contributed by atoms with van der Waals surface area (Å²) < 4.78 is 29.0. The van der Waals surface area contributed by atoms with Gasteiger partial charge in [0.2, 0.25) is 0 Å². The summed E-state index contributed by atoms with van der Waals surface area (Å²) in [5.41, 5.74) is -0.0501. The Morgan fingerprint density at radius 2 is 1.73 bits per heavy atom. The number of nitrogens with zero attached hydrogens (tertiary/aromatic N) is 2. The van der Waals surface area contributed by atoms with Gasteiger partial charge in [0, 0.05) is 38.2 Å². The average Bonchev–Trinajstić information content (AvgIpc) is 2.46. The van der Waals surface area contributed by atoms with Gasteiger partial charge in [0.05, 0.1) is 0 Å². The van der Waals surface area contributed by atoms with Crippen molar-refractivity contribution in [2.75, 3.05) is 32.8 Å². The van der Waals surface area contributed by atoms with Gasteiger partial charge in [-0.05, 0) is 37.0 Å². The van der Waals surface area contributed by atoms with Crippen molar-refractivity contribution < 1.29 is 13.5 Å². The minimum absolute atomic E-state index is 0.0467. The molecule has 2 saturated heterocycles. The summed E-state index contributed by atoms with van der Waals surface area (Å²) in [5.74, 6) is 0.586. The fraction of sp³-hybridized carbons (Fsp3) is 1.00. The Bertz CT molecular complexity index is 478. The molecule has 0 aromatic heterocycles. The number of hydrogen-bond donors (Lipinski definition) is 1. The maximum Gasteiger partial charge on any atom is 0.281 e. The Labute approximate surface area is 135 Å². The van der Waals surface area contributed by atoms with Gasteiger partial charge >= 0.3 is 0 Å². The first-order valence-corrected chi connectivity index (χ1v) is 9.84. The minimum atomic E-state index is -3.38. The predicted molar refractivity (Wildman–Crippen MR) is 88.7 cm³/mol. The Kier molecular flexibility index (Phi) is 5.27. The first-order chi connectivity index (χ1) is 10.1. The van der Waals surface area contributed by atoms with Crippen LogP contribution in [0.4, 0.5) is 0 Å². The average molecular weight is 333 g/mol. The zero-order chi connectivity index (χ0) is 16.6. The number of piperidine rings is 2. The highest BCUT2D eigenvalue weighted by atomic mass is 32.2. The molecule has 1 unspecified atom stereocenters. The Balaban J connectivity index is 2.03. The lowest BCUT2D eigenvalue weighted by atomic mass is 9.76. The molecule has 1 N–H and O–H groups in total. The zero-order valence-corrected chi connectivity index (χ0v) is 15.3. The second-order valence-corrected chi connectivity index (χ2v) is 10.4. The molecule has 0 aliphatic carbocycles. The summed E-state index contributed by atoms with van der Waals surface area (Å²) in [5, 5.41) is 9.53. The zero-order valence-electron chi connectivity index (χ0n) is 14.5. The second-order valence-electron chi connectivity index (χ2n) is 8.45. The van der Waals surface area contributed by atoms with Crippen LogP contribution in [0.1, 0.15) is 53.4 Å². The molecule has 0 radical (unpaired) electrons. The van der Waals surface area contributed by atoms with Crippen molar-refractivity contribution in [3.05, 3.63) is 0 Å². The highest BCUT2D eigenvalue weighted by Crippen LogP contribution is 2.36. The molecule has 2 heterocycles. The normalized spacial score (nSPS) is 30.6. The molecule has 2 rings (SSSR count). The lowest BCUT2D eigenvalue weighted by Crippen LogP contribution is -2.53. The van der Waals surface area contributed by atoms with Gasteiger partial charge in [-0.1, -0.05) is 27.7 Å². The minimum Gasteiger partial charge on any atom is -0.396 e. The fourth-order valence-electron chi connectivity index (χ4n) is 3.71. The highest BCUT2D eigenvalue weighted by Gasteiger charge is 2.40. The molecule has 130 valence electrons. The van der Waals surface area contributed by atoms with E-state index in [0.29, 0.717) is 32.1 Å². The molecule has 2 aliphatic rings. The molecule has 0 bridgehead atoms. The lowest BCUT2D eigenvalue weighted by molar-refractivity contribution is 0.0760. The molecule has 0 aromatic carbocycles. The molecule has 6 heteroatoms. The van der Waals surface area contributed by atoms with E-state index < -0.39 is 10.2 Å². The van der Waals surface area contributed by atoms with Crippen LogP contribution in [-0.2, 0) is 10.2 Å². The summed E-state index contributed by atoms with van der Waals surface area (Å²) >= 11 is 0. The molecular formula is C16H32N2O3S. The van der Waals surface area contributed by atoms with Crippen LogP contribution in [0, 0.1) is 16.7 Å². The second kappa shape index (κ2) is 6.38. The largest absolute Gasteiger partial charge is 0.396 e. The van der Waals surface area contributed by atoms with E-state index in [-0.39, 0.29) is 17.4 Å². The standard InChI is InChI=1S/C16H32N2O3S/c1-15(2,3)14-6-10-17(11-7-14)22(20,21)18-9-5-8-16(4,12-18)13-19/h14,19H,5-13H2,1-4H3. The van der Waals surface area contributed by atoms with Crippen molar-refractivity contribution in [2.24, 2.45) is 16.7 Å². The first kappa shape index (κ1) is 18.2. The third-order valence-electron chi connectivity index (χ3n) is 5.46. The van der Waals surface area contributed by atoms with Crippen molar-refractivity contribution >= 4 is 10.2 Å². The van der Waals surface area contributed by atoms with Gasteiger partial charge in [-0.15, -0.1) is 0 Å². The van der Waals surface area contributed by atoms with Gasteiger partial charge < -0.3 is 5.11 Å². The van der Waals surface area contributed by atoms with Crippen LogP contribution in [0.3, 0.4) is 0 Å². The summed E-state index contributed by atoms with van der Waals surface area (Å²) in [6, 6.07) is 0.